The molecule has 1 aliphatic rings. The minimum atomic E-state index is -4.68. The van der Waals surface area contributed by atoms with Crippen LogP contribution in [-0.2, 0) is 19.6 Å². The van der Waals surface area contributed by atoms with Crippen LogP contribution in [-0.4, -0.2) is 37.6 Å². The van der Waals surface area contributed by atoms with Gasteiger partial charge in [-0.2, -0.15) is 8.42 Å². The average molecular weight is 670 g/mol. The number of carbonyl (C=O) groups is 1. The van der Waals surface area contributed by atoms with Gasteiger partial charge in [0.2, 0.25) is 0 Å². The van der Waals surface area contributed by atoms with Gasteiger partial charge in [-0.05, 0) is 61.9 Å². The van der Waals surface area contributed by atoms with Gasteiger partial charge in [-0.25, -0.2) is 9.79 Å². The van der Waals surface area contributed by atoms with Gasteiger partial charge in [-0.1, -0.05) is 47.2 Å². The zero-order chi connectivity index (χ0) is 32.5. The summed E-state index contributed by atoms with van der Waals surface area (Å²) in [6.07, 6.45) is 1.38. The maximum Gasteiger partial charge on any atom is 0.346 e. The second-order valence-electron chi connectivity index (χ2n) is 9.52. The van der Waals surface area contributed by atoms with Crippen molar-refractivity contribution >= 4 is 50.8 Å². The molecule has 0 saturated carbocycles. The molecule has 0 aliphatic carbocycles. The third-order valence-electron chi connectivity index (χ3n) is 6.74. The summed E-state index contributed by atoms with van der Waals surface area (Å²) in [6, 6.07) is 14.8. The molecule has 2 heterocycles. The van der Waals surface area contributed by atoms with Crippen LogP contribution >= 0.6 is 22.9 Å². The minimum absolute atomic E-state index is 0.109. The van der Waals surface area contributed by atoms with Crippen molar-refractivity contribution in [1.29, 1.82) is 0 Å². The molecule has 45 heavy (non-hydrogen) atoms. The Morgan fingerprint density at radius 1 is 1.16 bits per heavy atom. The second kappa shape index (κ2) is 12.7. The SMILES string of the molecule is CCOC(=O)C1=C(C)N=c2s/c(=C/c3cc(Cl)ccc3OS(=O)(=O)c3ccccc3[N+](=O)[O-])c(=O)n2C1c1ccc(OC)cc1. The van der Waals surface area contributed by atoms with E-state index < -0.39 is 43.2 Å². The lowest BCUT2D eigenvalue weighted by atomic mass is 9.96. The van der Waals surface area contributed by atoms with E-state index in [4.69, 9.17) is 25.3 Å². The number of fused-ring (bicyclic) bond motifs is 1. The lowest BCUT2D eigenvalue weighted by Gasteiger charge is -2.24. The van der Waals surface area contributed by atoms with E-state index in [1.807, 2.05) is 0 Å². The molecule has 3 aromatic carbocycles. The summed E-state index contributed by atoms with van der Waals surface area (Å²) in [7, 11) is -3.16. The Hall–Kier alpha value is -4.79. The lowest BCUT2D eigenvalue weighted by Crippen LogP contribution is -2.39. The first-order valence-corrected chi connectivity index (χ1v) is 15.9. The van der Waals surface area contributed by atoms with Gasteiger partial charge in [0.1, 0.15) is 11.5 Å². The van der Waals surface area contributed by atoms with Gasteiger partial charge >= 0.3 is 16.1 Å². The maximum atomic E-state index is 14.0. The van der Waals surface area contributed by atoms with E-state index >= 15 is 0 Å². The van der Waals surface area contributed by atoms with Crippen molar-refractivity contribution in [2.24, 2.45) is 4.99 Å². The van der Waals surface area contributed by atoms with Crippen LogP contribution in [0, 0.1) is 10.1 Å². The molecular weight excluding hydrogens is 646 g/mol. The number of allylic oxidation sites excluding steroid dienone is 1. The minimum Gasteiger partial charge on any atom is -0.497 e. The van der Waals surface area contributed by atoms with Gasteiger partial charge in [-0.15, -0.1) is 0 Å². The normalized spacial score (nSPS) is 14.8. The highest BCUT2D eigenvalue weighted by Crippen LogP contribution is 2.33. The van der Waals surface area contributed by atoms with E-state index in [1.54, 1.807) is 38.1 Å². The van der Waals surface area contributed by atoms with Gasteiger partial charge in [-0.3, -0.25) is 19.5 Å². The van der Waals surface area contributed by atoms with Crippen LogP contribution in [0.4, 0.5) is 5.69 Å². The molecule has 232 valence electrons. The number of carbonyl (C=O) groups excluding carboxylic acids is 1. The van der Waals surface area contributed by atoms with Gasteiger partial charge in [0.15, 0.2) is 9.70 Å². The highest BCUT2D eigenvalue weighted by Gasteiger charge is 2.33. The van der Waals surface area contributed by atoms with Crippen molar-refractivity contribution < 1.29 is 31.8 Å². The molecule has 0 N–H and O–H groups in total. The van der Waals surface area contributed by atoms with E-state index in [0.29, 0.717) is 17.0 Å². The summed E-state index contributed by atoms with van der Waals surface area (Å²) in [5.74, 6) is -0.271. The summed E-state index contributed by atoms with van der Waals surface area (Å²) >= 11 is 7.24. The molecule has 1 aromatic heterocycles. The van der Waals surface area contributed by atoms with Crippen LogP contribution in [0.15, 0.2) is 92.7 Å². The topological polar surface area (TPSA) is 156 Å². The molecular formula is C30H24ClN3O9S2. The van der Waals surface area contributed by atoms with Gasteiger partial charge in [0.25, 0.3) is 11.2 Å². The van der Waals surface area contributed by atoms with Crippen molar-refractivity contribution in [3.05, 3.63) is 124 Å². The molecule has 1 unspecified atom stereocenters. The van der Waals surface area contributed by atoms with E-state index in [0.717, 1.165) is 23.5 Å². The molecule has 0 spiro atoms. The van der Waals surface area contributed by atoms with Crippen molar-refractivity contribution in [2.75, 3.05) is 13.7 Å². The zero-order valence-electron chi connectivity index (χ0n) is 23.9. The highest BCUT2D eigenvalue weighted by atomic mass is 35.5. The summed E-state index contributed by atoms with van der Waals surface area (Å²) in [5, 5.41) is 11.7. The van der Waals surface area contributed by atoms with Gasteiger partial charge < -0.3 is 13.7 Å². The fraction of sp³-hybridized carbons (Fsp3) is 0.167. The number of para-hydroxylation sites is 1. The number of hydrogen-bond acceptors (Lipinski definition) is 11. The molecule has 0 amide bonds. The maximum absolute atomic E-state index is 14.0. The Balaban J connectivity index is 1.66. The largest absolute Gasteiger partial charge is 0.497 e. The number of thiazole rings is 1. The number of benzene rings is 3. The van der Waals surface area contributed by atoms with Gasteiger partial charge in [0, 0.05) is 16.7 Å². The number of methoxy groups -OCH3 is 1. The Kier molecular flexibility index (Phi) is 8.91. The molecule has 4 aromatic rings. The highest BCUT2D eigenvalue weighted by molar-refractivity contribution is 7.87. The molecule has 0 fully saturated rings. The number of nitro groups is 1. The standard InChI is InChI=1S/C30H24ClN3O9S2/c1-4-42-29(36)26-17(2)32-30-33(27(26)18-9-12-21(41-3)13-10-18)28(35)24(44-30)16-19-15-20(31)11-14-23(19)43-45(39,40)25-8-6-5-7-22(25)34(37)38/h5-16,27H,4H2,1-3H3/b24-16+. The predicted octanol–water partition coefficient (Wildman–Crippen LogP) is 4.14. The zero-order valence-corrected chi connectivity index (χ0v) is 26.3. The molecule has 1 atom stereocenters. The lowest BCUT2D eigenvalue weighted by molar-refractivity contribution is -0.387. The van der Waals surface area contributed by atoms with Crippen LogP contribution in [0.1, 0.15) is 31.0 Å². The quantitative estimate of drug-likeness (QED) is 0.111. The van der Waals surface area contributed by atoms with Crippen LogP contribution in [0.2, 0.25) is 5.02 Å². The fourth-order valence-corrected chi connectivity index (χ4v) is 7.06. The Bertz CT molecular complexity index is 2160. The second-order valence-corrected chi connectivity index (χ2v) is 12.5. The Labute approximate surface area is 265 Å². The number of rotatable bonds is 9. The first kappa shape index (κ1) is 31.6. The van der Waals surface area contributed by atoms with Gasteiger partial charge in [0.05, 0.1) is 40.5 Å². The Morgan fingerprint density at radius 3 is 2.53 bits per heavy atom. The smallest absolute Gasteiger partial charge is 0.346 e. The van der Waals surface area contributed by atoms with Crippen LogP contribution in [0.3, 0.4) is 0 Å². The van der Waals surface area contributed by atoms with Crippen LogP contribution in [0.5, 0.6) is 11.5 Å². The molecule has 0 saturated heterocycles. The number of esters is 1. The van der Waals surface area contributed by atoms with Crippen molar-refractivity contribution in [2.45, 2.75) is 24.8 Å². The molecule has 5 rings (SSSR count). The number of nitrogens with zero attached hydrogens (tertiary/aromatic N) is 3. The number of halogens is 1. The van der Waals surface area contributed by atoms with E-state index in [-0.39, 0.29) is 37.8 Å². The number of nitro benzene ring substituents is 1. The number of ether oxygens (including phenoxy) is 2. The van der Waals surface area contributed by atoms with E-state index in [1.165, 1.54) is 48.1 Å². The number of aromatic nitrogens is 1. The van der Waals surface area contributed by atoms with E-state index in [9.17, 15) is 28.1 Å². The average Bonchev–Trinajstić information content (AvgIpc) is 3.31. The first-order chi connectivity index (χ1) is 21.4. The van der Waals surface area contributed by atoms with E-state index in [2.05, 4.69) is 4.99 Å². The van der Waals surface area contributed by atoms with Crippen molar-refractivity contribution in [3.63, 3.8) is 0 Å². The molecule has 1 aliphatic heterocycles. The fourth-order valence-electron chi connectivity index (χ4n) is 4.72. The Morgan fingerprint density at radius 2 is 1.87 bits per heavy atom. The van der Waals surface area contributed by atoms with Crippen molar-refractivity contribution in [1.82, 2.24) is 4.57 Å². The summed E-state index contributed by atoms with van der Waals surface area (Å²) < 4.78 is 43.8. The van der Waals surface area contributed by atoms with Crippen LogP contribution in [0.25, 0.3) is 6.08 Å². The predicted molar refractivity (Wildman–Crippen MR) is 166 cm³/mol. The molecule has 12 nitrogen and oxygen atoms in total. The summed E-state index contributed by atoms with van der Waals surface area (Å²) in [6.45, 7) is 3.44. The monoisotopic (exact) mass is 669 g/mol. The third-order valence-corrected chi connectivity index (χ3v) is 9.24. The molecule has 15 heteroatoms. The first-order valence-electron chi connectivity index (χ1n) is 13.3. The van der Waals surface area contributed by atoms with Crippen molar-refractivity contribution in [3.8, 4) is 11.5 Å². The molecule has 0 bridgehead atoms. The molecule has 0 radical (unpaired) electrons. The van der Waals surface area contributed by atoms with Crippen LogP contribution < -0.4 is 23.8 Å². The summed E-state index contributed by atoms with van der Waals surface area (Å²) in [4.78, 5) is 41.9. The summed E-state index contributed by atoms with van der Waals surface area (Å²) in [5.41, 5.74) is 0.0713. The number of hydrogen-bond donors (Lipinski definition) is 0. The third kappa shape index (κ3) is 6.25.